The van der Waals surface area contributed by atoms with E-state index in [1.54, 1.807) is 7.11 Å². The van der Waals surface area contributed by atoms with Gasteiger partial charge in [0.05, 0.1) is 7.11 Å². The van der Waals surface area contributed by atoms with Gasteiger partial charge in [-0.2, -0.15) is 0 Å². The Balaban J connectivity index is 1.45. The van der Waals surface area contributed by atoms with Crippen molar-refractivity contribution in [3.8, 4) is 5.75 Å². The summed E-state index contributed by atoms with van der Waals surface area (Å²) in [5.74, 6) is 1.36. The summed E-state index contributed by atoms with van der Waals surface area (Å²) >= 11 is 0. The van der Waals surface area contributed by atoms with E-state index in [2.05, 4.69) is 9.80 Å². The van der Waals surface area contributed by atoms with E-state index >= 15 is 0 Å². The molecule has 31 heavy (non-hydrogen) atoms. The first-order chi connectivity index (χ1) is 15.1. The Bertz CT molecular complexity index is 786. The molecule has 3 aliphatic rings. The molecule has 3 fully saturated rings. The largest absolute Gasteiger partial charge is 0.497 e. The summed E-state index contributed by atoms with van der Waals surface area (Å²) in [5, 5.41) is 0. The van der Waals surface area contributed by atoms with Gasteiger partial charge in [0.15, 0.2) is 0 Å². The summed E-state index contributed by atoms with van der Waals surface area (Å²) in [4.78, 5) is 33.2. The van der Waals surface area contributed by atoms with Crippen LogP contribution in [0.4, 0.5) is 0 Å². The molecule has 1 saturated carbocycles. The Labute approximate surface area is 186 Å². The van der Waals surface area contributed by atoms with Crippen LogP contribution in [0.2, 0.25) is 0 Å². The minimum absolute atomic E-state index is 0.0699. The number of hydrogen-bond donors (Lipinski definition) is 0. The lowest BCUT2D eigenvalue weighted by atomic mass is 9.83. The number of carbonyl (C=O) groups is 2. The van der Waals surface area contributed by atoms with Crippen LogP contribution in [0, 0.1) is 12.8 Å². The first-order valence-electron chi connectivity index (χ1n) is 12.0. The number of rotatable bonds is 7. The van der Waals surface area contributed by atoms with Crippen molar-refractivity contribution in [3.05, 3.63) is 29.3 Å². The molecule has 6 heteroatoms. The van der Waals surface area contributed by atoms with E-state index in [1.807, 2.05) is 30.0 Å². The highest BCUT2D eigenvalue weighted by Crippen LogP contribution is 2.30. The van der Waals surface area contributed by atoms with Crippen LogP contribution in [-0.4, -0.2) is 78.9 Å². The van der Waals surface area contributed by atoms with E-state index in [4.69, 9.17) is 4.74 Å². The molecular weight excluding hydrogens is 390 g/mol. The maximum atomic E-state index is 13.3. The average Bonchev–Trinajstić information content (AvgIpc) is 3.26. The molecule has 6 nitrogen and oxygen atoms in total. The predicted molar refractivity (Wildman–Crippen MR) is 121 cm³/mol. The number of nitrogens with zero attached hydrogens (tertiary/aromatic N) is 3. The summed E-state index contributed by atoms with van der Waals surface area (Å²) in [7, 11) is 1.64. The molecule has 1 unspecified atom stereocenters. The van der Waals surface area contributed by atoms with Crippen LogP contribution >= 0.6 is 0 Å². The lowest BCUT2D eigenvalue weighted by molar-refractivity contribution is -0.141. The minimum Gasteiger partial charge on any atom is -0.497 e. The number of likely N-dealkylation sites (tertiary alicyclic amines) is 2. The van der Waals surface area contributed by atoms with Crippen LogP contribution in [0.15, 0.2) is 18.2 Å². The highest BCUT2D eigenvalue weighted by atomic mass is 16.5. The molecule has 2 heterocycles. The van der Waals surface area contributed by atoms with E-state index in [-0.39, 0.29) is 17.9 Å². The van der Waals surface area contributed by atoms with Crippen molar-refractivity contribution >= 4 is 11.8 Å². The van der Waals surface area contributed by atoms with Gasteiger partial charge in [-0.05, 0) is 82.3 Å². The average molecular weight is 428 g/mol. The highest BCUT2D eigenvalue weighted by molar-refractivity contribution is 5.96. The van der Waals surface area contributed by atoms with Gasteiger partial charge in [0, 0.05) is 43.7 Å². The van der Waals surface area contributed by atoms with E-state index in [0.29, 0.717) is 12.5 Å². The molecule has 1 atom stereocenters. The molecule has 0 aromatic heterocycles. The third kappa shape index (κ3) is 5.05. The Kier molecular flexibility index (Phi) is 7.16. The van der Waals surface area contributed by atoms with Crippen molar-refractivity contribution in [1.29, 1.82) is 0 Å². The standard InChI is InChI=1S/C25H37N3O3/c1-19-17-22(31-2)10-11-23(19)25(30)27-14-6-9-21(18-27)28(24(29)20-7-5-8-20)16-15-26-12-3-4-13-26/h10-11,17,20-21H,3-9,12-16,18H2,1-2H3. The fourth-order valence-corrected chi connectivity index (χ4v) is 5.18. The van der Waals surface area contributed by atoms with E-state index in [1.165, 1.54) is 19.3 Å². The highest BCUT2D eigenvalue weighted by Gasteiger charge is 2.36. The Morgan fingerprint density at radius 1 is 1.06 bits per heavy atom. The molecule has 4 rings (SSSR count). The fraction of sp³-hybridized carbons (Fsp3) is 0.680. The van der Waals surface area contributed by atoms with Crippen molar-refractivity contribution in [2.75, 3.05) is 46.4 Å². The number of amides is 2. The van der Waals surface area contributed by atoms with Gasteiger partial charge in [-0.3, -0.25) is 9.59 Å². The van der Waals surface area contributed by atoms with Crippen LogP contribution in [0.5, 0.6) is 5.75 Å². The Hall–Kier alpha value is -2.08. The van der Waals surface area contributed by atoms with Crippen molar-refractivity contribution in [1.82, 2.24) is 14.7 Å². The van der Waals surface area contributed by atoms with Crippen LogP contribution in [0.25, 0.3) is 0 Å². The molecule has 0 spiro atoms. The lowest BCUT2D eigenvalue weighted by Crippen LogP contribution is -2.55. The zero-order chi connectivity index (χ0) is 21.8. The number of benzene rings is 1. The second-order valence-electron chi connectivity index (χ2n) is 9.44. The van der Waals surface area contributed by atoms with Crippen LogP contribution in [-0.2, 0) is 4.79 Å². The molecule has 1 aliphatic carbocycles. The molecule has 170 valence electrons. The summed E-state index contributed by atoms with van der Waals surface area (Å²) in [5.41, 5.74) is 1.67. The number of methoxy groups -OCH3 is 1. The minimum atomic E-state index is 0.0699. The number of aryl methyl sites for hydroxylation is 1. The second kappa shape index (κ2) is 10.0. The number of carbonyl (C=O) groups excluding carboxylic acids is 2. The van der Waals surface area contributed by atoms with Gasteiger partial charge in [0.2, 0.25) is 5.91 Å². The van der Waals surface area contributed by atoms with Gasteiger partial charge in [-0.15, -0.1) is 0 Å². The molecule has 2 saturated heterocycles. The third-order valence-electron chi connectivity index (χ3n) is 7.38. The maximum Gasteiger partial charge on any atom is 0.254 e. The quantitative estimate of drug-likeness (QED) is 0.670. The second-order valence-corrected chi connectivity index (χ2v) is 9.44. The van der Waals surface area contributed by atoms with Gasteiger partial charge < -0.3 is 19.4 Å². The monoisotopic (exact) mass is 427 g/mol. The first kappa shape index (κ1) is 22.1. The molecule has 1 aromatic carbocycles. The van der Waals surface area contributed by atoms with Crippen molar-refractivity contribution < 1.29 is 14.3 Å². The summed E-state index contributed by atoms with van der Waals surface area (Å²) in [6.07, 6.45) is 7.70. The van der Waals surface area contributed by atoms with Crippen LogP contribution < -0.4 is 4.74 Å². The SMILES string of the molecule is COc1ccc(C(=O)N2CCCC(N(CCN3CCCC3)C(=O)C3CCC3)C2)c(C)c1. The topological polar surface area (TPSA) is 53.1 Å². The fourth-order valence-electron chi connectivity index (χ4n) is 5.18. The number of hydrogen-bond acceptors (Lipinski definition) is 4. The van der Waals surface area contributed by atoms with Gasteiger partial charge in [-0.1, -0.05) is 6.42 Å². The molecule has 0 N–H and O–H groups in total. The van der Waals surface area contributed by atoms with E-state index in [0.717, 1.165) is 75.3 Å². The zero-order valence-corrected chi connectivity index (χ0v) is 19.1. The molecule has 0 bridgehead atoms. The van der Waals surface area contributed by atoms with Crippen molar-refractivity contribution in [3.63, 3.8) is 0 Å². The summed E-state index contributed by atoms with van der Waals surface area (Å²) < 4.78 is 5.28. The predicted octanol–water partition coefficient (Wildman–Crippen LogP) is 3.33. The maximum absolute atomic E-state index is 13.3. The molecular formula is C25H37N3O3. The Morgan fingerprint density at radius 3 is 2.48 bits per heavy atom. The van der Waals surface area contributed by atoms with E-state index in [9.17, 15) is 9.59 Å². The number of piperidine rings is 1. The van der Waals surface area contributed by atoms with Gasteiger partial charge in [0.25, 0.3) is 5.91 Å². The van der Waals surface area contributed by atoms with Crippen molar-refractivity contribution in [2.45, 2.75) is 57.9 Å². The third-order valence-corrected chi connectivity index (χ3v) is 7.38. The number of ether oxygens (including phenoxy) is 1. The zero-order valence-electron chi connectivity index (χ0n) is 19.1. The summed E-state index contributed by atoms with van der Waals surface area (Å²) in [6.45, 7) is 7.42. The van der Waals surface area contributed by atoms with Gasteiger partial charge in [0.1, 0.15) is 5.75 Å². The molecule has 1 aromatic rings. The van der Waals surface area contributed by atoms with Crippen LogP contribution in [0.1, 0.15) is 60.9 Å². The first-order valence-corrected chi connectivity index (χ1v) is 12.0. The lowest BCUT2D eigenvalue weighted by Gasteiger charge is -2.42. The molecule has 2 amide bonds. The smallest absolute Gasteiger partial charge is 0.254 e. The summed E-state index contributed by atoms with van der Waals surface area (Å²) in [6, 6.07) is 5.76. The van der Waals surface area contributed by atoms with Gasteiger partial charge >= 0.3 is 0 Å². The normalized spacial score (nSPS) is 22.3. The Morgan fingerprint density at radius 2 is 1.84 bits per heavy atom. The molecule has 0 radical (unpaired) electrons. The van der Waals surface area contributed by atoms with Crippen LogP contribution in [0.3, 0.4) is 0 Å². The van der Waals surface area contributed by atoms with Crippen molar-refractivity contribution in [2.24, 2.45) is 5.92 Å². The van der Waals surface area contributed by atoms with E-state index < -0.39 is 0 Å². The molecule has 2 aliphatic heterocycles. The van der Waals surface area contributed by atoms with Gasteiger partial charge in [-0.25, -0.2) is 0 Å².